The Balaban J connectivity index is 2.24. The van der Waals surface area contributed by atoms with Crippen molar-refractivity contribution >= 4 is 11.9 Å². The van der Waals surface area contributed by atoms with Crippen LogP contribution in [0, 0.1) is 29.1 Å². The summed E-state index contributed by atoms with van der Waals surface area (Å²) in [4.78, 5) is 25.0. The number of hydrogen-bond donors (Lipinski definition) is 1. The molecule has 4 heteroatoms. The molecule has 25 heavy (non-hydrogen) atoms. The van der Waals surface area contributed by atoms with E-state index in [2.05, 4.69) is 27.4 Å². The fourth-order valence-corrected chi connectivity index (χ4v) is 5.00. The quantitative estimate of drug-likeness (QED) is 0.550. The van der Waals surface area contributed by atoms with Gasteiger partial charge in [0.25, 0.3) is 0 Å². The first-order valence-corrected chi connectivity index (χ1v) is 9.75. The van der Waals surface area contributed by atoms with Crippen molar-refractivity contribution in [2.75, 3.05) is 0 Å². The van der Waals surface area contributed by atoms with Gasteiger partial charge in [0.15, 0.2) is 0 Å². The molecule has 5 atom stereocenters. The molecule has 0 radical (unpaired) electrons. The van der Waals surface area contributed by atoms with Crippen molar-refractivity contribution in [1.29, 1.82) is 0 Å². The first-order valence-electron chi connectivity index (χ1n) is 9.75. The van der Waals surface area contributed by atoms with E-state index < -0.39 is 17.3 Å². The Morgan fingerprint density at radius 2 is 1.96 bits per heavy atom. The zero-order valence-corrected chi connectivity index (χ0v) is 16.2. The van der Waals surface area contributed by atoms with Crippen LogP contribution in [0.25, 0.3) is 0 Å². The molecule has 0 saturated heterocycles. The van der Waals surface area contributed by atoms with Gasteiger partial charge < -0.3 is 9.84 Å². The average Bonchev–Trinajstić information content (AvgIpc) is 2.91. The maximum absolute atomic E-state index is 13.2. The molecule has 2 rings (SSSR count). The van der Waals surface area contributed by atoms with Gasteiger partial charge >= 0.3 is 11.9 Å². The summed E-state index contributed by atoms with van der Waals surface area (Å²) in [6.45, 7) is 12.4. The topological polar surface area (TPSA) is 63.6 Å². The normalized spacial score (nSPS) is 35.6. The van der Waals surface area contributed by atoms with Crippen molar-refractivity contribution < 1.29 is 19.4 Å². The van der Waals surface area contributed by atoms with Gasteiger partial charge in [0, 0.05) is 0 Å². The molecule has 2 fully saturated rings. The van der Waals surface area contributed by atoms with Gasteiger partial charge in [-0.1, -0.05) is 39.2 Å². The highest BCUT2D eigenvalue weighted by molar-refractivity contribution is 5.85. The maximum atomic E-state index is 13.2. The van der Waals surface area contributed by atoms with E-state index in [9.17, 15) is 14.7 Å². The summed E-state index contributed by atoms with van der Waals surface area (Å²) in [6, 6.07) is 0. The lowest BCUT2D eigenvalue weighted by atomic mass is 9.72. The van der Waals surface area contributed by atoms with Gasteiger partial charge in [0.1, 0.15) is 6.10 Å². The second-order valence-corrected chi connectivity index (χ2v) is 8.84. The highest BCUT2D eigenvalue weighted by Gasteiger charge is 2.54. The molecule has 0 spiro atoms. The van der Waals surface area contributed by atoms with E-state index in [-0.39, 0.29) is 12.1 Å². The van der Waals surface area contributed by atoms with E-state index in [4.69, 9.17) is 4.74 Å². The van der Waals surface area contributed by atoms with Crippen LogP contribution in [0.2, 0.25) is 0 Å². The molecule has 0 heterocycles. The second-order valence-electron chi connectivity index (χ2n) is 8.84. The van der Waals surface area contributed by atoms with Gasteiger partial charge in [-0.3, -0.25) is 9.59 Å². The van der Waals surface area contributed by atoms with Crippen molar-refractivity contribution in [3.8, 4) is 0 Å². The Kier molecular flexibility index (Phi) is 6.34. The van der Waals surface area contributed by atoms with Crippen LogP contribution >= 0.6 is 0 Å². The van der Waals surface area contributed by atoms with Crippen molar-refractivity contribution in [3.63, 3.8) is 0 Å². The third-order valence-corrected chi connectivity index (χ3v) is 6.32. The highest BCUT2D eigenvalue weighted by atomic mass is 16.5. The molecule has 1 N–H and O–H groups in total. The molecule has 2 aliphatic carbocycles. The summed E-state index contributed by atoms with van der Waals surface area (Å²) >= 11 is 0. The Morgan fingerprint density at radius 3 is 2.52 bits per heavy atom. The number of esters is 1. The van der Waals surface area contributed by atoms with E-state index >= 15 is 0 Å². The van der Waals surface area contributed by atoms with E-state index in [0.29, 0.717) is 37.0 Å². The molecule has 0 aromatic rings. The summed E-state index contributed by atoms with van der Waals surface area (Å²) < 4.78 is 6.06. The van der Waals surface area contributed by atoms with Crippen LogP contribution in [-0.2, 0) is 14.3 Å². The van der Waals surface area contributed by atoms with Crippen LogP contribution in [0.1, 0.15) is 72.6 Å². The number of allylic oxidation sites excluding steroid dienone is 1. The highest BCUT2D eigenvalue weighted by Crippen LogP contribution is 2.49. The molecule has 0 aromatic heterocycles. The number of aliphatic carboxylic acids is 1. The second kappa shape index (κ2) is 7.92. The van der Waals surface area contributed by atoms with Crippen LogP contribution in [0.3, 0.4) is 0 Å². The monoisotopic (exact) mass is 350 g/mol. The van der Waals surface area contributed by atoms with E-state index in [0.717, 1.165) is 24.8 Å². The fourth-order valence-electron chi connectivity index (χ4n) is 5.00. The largest absolute Gasteiger partial charge is 0.481 e. The number of rotatable bonds is 6. The van der Waals surface area contributed by atoms with E-state index in [1.54, 1.807) is 0 Å². The molecule has 0 bridgehead atoms. The third kappa shape index (κ3) is 4.27. The van der Waals surface area contributed by atoms with Gasteiger partial charge in [-0.25, -0.2) is 0 Å². The third-order valence-electron chi connectivity index (χ3n) is 6.32. The molecule has 142 valence electrons. The number of carbonyl (C=O) groups is 2. The van der Waals surface area contributed by atoms with Crippen molar-refractivity contribution in [1.82, 2.24) is 0 Å². The van der Waals surface area contributed by atoms with Gasteiger partial charge in [-0.2, -0.15) is 0 Å². The van der Waals surface area contributed by atoms with Gasteiger partial charge in [0.05, 0.1) is 11.3 Å². The van der Waals surface area contributed by atoms with Crippen LogP contribution in [-0.4, -0.2) is 23.1 Å². The lowest BCUT2D eigenvalue weighted by Crippen LogP contribution is -2.44. The lowest BCUT2D eigenvalue weighted by Gasteiger charge is -2.40. The van der Waals surface area contributed by atoms with Crippen LogP contribution in [0.15, 0.2) is 12.2 Å². The minimum Gasteiger partial charge on any atom is -0.481 e. The summed E-state index contributed by atoms with van der Waals surface area (Å²) in [6.07, 6.45) is 5.35. The van der Waals surface area contributed by atoms with Crippen molar-refractivity contribution in [2.24, 2.45) is 29.1 Å². The Labute approximate surface area is 152 Å². The minimum atomic E-state index is -0.931. The molecule has 0 aromatic carbocycles. The van der Waals surface area contributed by atoms with Crippen LogP contribution < -0.4 is 0 Å². The summed E-state index contributed by atoms with van der Waals surface area (Å²) in [5.74, 6) is -0.467. The first-order chi connectivity index (χ1) is 11.7. The summed E-state index contributed by atoms with van der Waals surface area (Å²) in [5.41, 5.74) is -0.0811. The zero-order valence-electron chi connectivity index (χ0n) is 16.2. The zero-order chi connectivity index (χ0) is 18.8. The molecular weight excluding hydrogens is 316 g/mol. The maximum Gasteiger partial charge on any atom is 0.313 e. The SMILES string of the molecule is C=C(C)C[C@]1(C(=O)O[C@H]2C[C@@H](C)CC[C@@H]2C(C)C)CCC[C@H]1C(=O)O. The van der Waals surface area contributed by atoms with Crippen molar-refractivity contribution in [3.05, 3.63) is 12.2 Å². The number of ether oxygens (including phenoxy) is 1. The number of carboxylic acid groups (broad SMARTS) is 1. The summed E-state index contributed by atoms with van der Waals surface area (Å²) in [7, 11) is 0. The Morgan fingerprint density at radius 1 is 1.28 bits per heavy atom. The van der Waals surface area contributed by atoms with Crippen LogP contribution in [0.4, 0.5) is 0 Å². The smallest absolute Gasteiger partial charge is 0.313 e. The van der Waals surface area contributed by atoms with Crippen LogP contribution in [0.5, 0.6) is 0 Å². The average molecular weight is 350 g/mol. The van der Waals surface area contributed by atoms with E-state index in [1.165, 1.54) is 6.42 Å². The van der Waals surface area contributed by atoms with Gasteiger partial charge in [0.2, 0.25) is 0 Å². The molecule has 0 amide bonds. The molecule has 2 saturated carbocycles. The summed E-state index contributed by atoms with van der Waals surface area (Å²) in [5, 5.41) is 9.66. The minimum absolute atomic E-state index is 0.0895. The molecule has 0 unspecified atom stereocenters. The molecule has 2 aliphatic rings. The molecule has 0 aliphatic heterocycles. The first kappa shape index (κ1) is 20.0. The Hall–Kier alpha value is -1.32. The van der Waals surface area contributed by atoms with Gasteiger partial charge in [-0.15, -0.1) is 6.58 Å². The number of carboxylic acids is 1. The number of carbonyl (C=O) groups excluding carboxylic acids is 1. The van der Waals surface area contributed by atoms with Gasteiger partial charge in [-0.05, 0) is 56.8 Å². The standard InChI is InChI=1S/C21H34O4/c1-13(2)12-21(10-6-7-17(21)19(22)23)20(24)25-18-11-15(5)8-9-16(18)14(3)4/h14-18H,1,6-12H2,2-5H3,(H,22,23)/t15-,16+,17-,18-,21+/m0/s1. The lowest BCUT2D eigenvalue weighted by molar-refractivity contribution is -0.175. The number of hydrogen-bond acceptors (Lipinski definition) is 3. The predicted octanol–water partition coefficient (Wildman–Crippen LogP) is 4.83. The molecular formula is C21H34O4. The fraction of sp³-hybridized carbons (Fsp3) is 0.810. The Bertz CT molecular complexity index is 524. The van der Waals surface area contributed by atoms with Crippen molar-refractivity contribution in [2.45, 2.75) is 78.7 Å². The molecule has 4 nitrogen and oxygen atoms in total. The predicted molar refractivity (Wildman–Crippen MR) is 98.1 cm³/mol. The van der Waals surface area contributed by atoms with E-state index in [1.807, 2.05) is 6.92 Å².